The molecular formula is C11H16N2O2. The van der Waals surface area contributed by atoms with Gasteiger partial charge in [0.15, 0.2) is 0 Å². The maximum Gasteiger partial charge on any atom is 0.129 e. The molecule has 4 heteroatoms. The van der Waals surface area contributed by atoms with Crippen LogP contribution in [-0.4, -0.2) is 23.3 Å². The zero-order valence-electron chi connectivity index (χ0n) is 8.81. The van der Waals surface area contributed by atoms with E-state index < -0.39 is 6.10 Å². The molecule has 0 amide bonds. The quantitative estimate of drug-likeness (QED) is 0.762. The van der Waals surface area contributed by atoms with E-state index in [2.05, 4.69) is 4.98 Å². The topological polar surface area (TPSA) is 68.4 Å². The number of nitrogen functional groups attached to an aromatic ring is 1. The van der Waals surface area contributed by atoms with Gasteiger partial charge in [0.1, 0.15) is 5.82 Å². The van der Waals surface area contributed by atoms with Gasteiger partial charge in [-0.2, -0.15) is 0 Å². The van der Waals surface area contributed by atoms with Gasteiger partial charge in [-0.15, -0.1) is 0 Å². The molecule has 1 saturated heterocycles. The third kappa shape index (κ3) is 1.96. The van der Waals surface area contributed by atoms with Crippen molar-refractivity contribution in [1.29, 1.82) is 0 Å². The highest BCUT2D eigenvalue weighted by atomic mass is 16.5. The lowest BCUT2D eigenvalue weighted by atomic mass is 9.93. The van der Waals surface area contributed by atoms with Gasteiger partial charge in [0, 0.05) is 24.3 Å². The fourth-order valence-electron chi connectivity index (χ4n) is 2.01. The minimum atomic E-state index is -0.554. The molecule has 0 aliphatic carbocycles. The summed E-state index contributed by atoms with van der Waals surface area (Å²) in [6.45, 7) is 3.27. The summed E-state index contributed by atoms with van der Waals surface area (Å²) in [5.74, 6) is 0.574. The van der Waals surface area contributed by atoms with Gasteiger partial charge in [0.25, 0.3) is 0 Å². The van der Waals surface area contributed by atoms with Crippen LogP contribution >= 0.6 is 0 Å². The number of aliphatic hydroxyl groups excluding tert-OH is 1. The number of hydrogen-bond acceptors (Lipinski definition) is 4. The summed E-state index contributed by atoms with van der Waals surface area (Å²) in [4.78, 5) is 4.01. The fraction of sp³-hybridized carbons (Fsp3) is 0.545. The van der Waals surface area contributed by atoms with Crippen LogP contribution in [0.15, 0.2) is 12.3 Å². The summed E-state index contributed by atoms with van der Waals surface area (Å²) in [6.07, 6.45) is 1.99. The number of aromatic nitrogens is 1. The second-order valence-electron chi connectivity index (χ2n) is 4.00. The van der Waals surface area contributed by atoms with E-state index in [0.29, 0.717) is 12.4 Å². The smallest absolute Gasteiger partial charge is 0.129 e. The van der Waals surface area contributed by atoms with E-state index in [4.69, 9.17) is 10.5 Å². The van der Waals surface area contributed by atoms with Crippen molar-refractivity contribution in [3.05, 3.63) is 23.4 Å². The largest absolute Gasteiger partial charge is 0.388 e. The molecule has 4 nitrogen and oxygen atoms in total. The lowest BCUT2D eigenvalue weighted by molar-refractivity contribution is 0.0917. The van der Waals surface area contributed by atoms with Crippen LogP contribution in [0.4, 0.5) is 5.82 Å². The van der Waals surface area contributed by atoms with Crippen LogP contribution in [0, 0.1) is 12.8 Å². The van der Waals surface area contributed by atoms with E-state index in [1.54, 1.807) is 6.20 Å². The van der Waals surface area contributed by atoms with Crippen LogP contribution in [0.1, 0.15) is 23.7 Å². The van der Waals surface area contributed by atoms with Gasteiger partial charge in [-0.25, -0.2) is 4.98 Å². The van der Waals surface area contributed by atoms with Crippen molar-refractivity contribution in [2.45, 2.75) is 19.4 Å². The predicted octanol–water partition coefficient (Wildman–Crippen LogP) is 1.04. The molecule has 0 aromatic carbocycles. The first-order valence-electron chi connectivity index (χ1n) is 5.17. The van der Waals surface area contributed by atoms with Crippen molar-refractivity contribution in [3.63, 3.8) is 0 Å². The Bertz CT molecular complexity index is 328. The minimum absolute atomic E-state index is 0.148. The third-order valence-corrected chi connectivity index (χ3v) is 2.95. The summed E-state index contributed by atoms with van der Waals surface area (Å²) in [5, 5.41) is 10.2. The summed E-state index contributed by atoms with van der Waals surface area (Å²) >= 11 is 0. The molecule has 1 fully saturated rings. The molecule has 2 heterocycles. The maximum absolute atomic E-state index is 10.2. The Balaban J connectivity index is 2.27. The Kier molecular flexibility index (Phi) is 2.88. The lowest BCUT2D eigenvalue weighted by Crippen LogP contribution is -2.16. The summed E-state index contributed by atoms with van der Waals surface area (Å²) in [5.41, 5.74) is 7.52. The predicted molar refractivity (Wildman–Crippen MR) is 57.3 cm³/mol. The molecule has 2 rings (SSSR count). The Morgan fingerprint density at radius 1 is 1.67 bits per heavy atom. The monoisotopic (exact) mass is 208 g/mol. The number of rotatable bonds is 2. The van der Waals surface area contributed by atoms with Crippen LogP contribution in [-0.2, 0) is 4.74 Å². The van der Waals surface area contributed by atoms with E-state index in [9.17, 15) is 5.11 Å². The molecule has 2 atom stereocenters. The van der Waals surface area contributed by atoms with Crippen molar-refractivity contribution in [2.24, 2.45) is 5.92 Å². The Morgan fingerprint density at radius 2 is 2.47 bits per heavy atom. The molecule has 1 aliphatic heterocycles. The Morgan fingerprint density at radius 3 is 3.07 bits per heavy atom. The normalized spacial score (nSPS) is 22.9. The average Bonchev–Trinajstić information content (AvgIpc) is 2.69. The number of ether oxygens (including phenoxy) is 1. The van der Waals surface area contributed by atoms with Crippen LogP contribution in [0.3, 0.4) is 0 Å². The maximum atomic E-state index is 10.2. The van der Waals surface area contributed by atoms with E-state index in [1.165, 1.54) is 0 Å². The Labute approximate surface area is 89.1 Å². The SMILES string of the molecule is Cc1ccnc(N)c1C(O)C1CCOC1. The number of pyridine rings is 1. The standard InChI is InChI=1S/C11H16N2O2/c1-7-2-4-13-11(12)9(7)10(14)8-3-5-15-6-8/h2,4,8,10,14H,3,5-6H2,1H3,(H2,12,13). The number of anilines is 1. The van der Waals surface area contributed by atoms with Crippen molar-refractivity contribution in [1.82, 2.24) is 4.98 Å². The first-order chi connectivity index (χ1) is 7.20. The minimum Gasteiger partial charge on any atom is -0.388 e. The highest BCUT2D eigenvalue weighted by Crippen LogP contribution is 2.32. The average molecular weight is 208 g/mol. The first kappa shape index (κ1) is 10.4. The van der Waals surface area contributed by atoms with Crippen LogP contribution in [0.2, 0.25) is 0 Å². The summed E-state index contributed by atoms with van der Waals surface area (Å²) in [6, 6.07) is 1.87. The molecule has 15 heavy (non-hydrogen) atoms. The van der Waals surface area contributed by atoms with Gasteiger partial charge in [0.05, 0.1) is 12.7 Å². The van der Waals surface area contributed by atoms with E-state index >= 15 is 0 Å². The molecule has 82 valence electrons. The fourth-order valence-corrected chi connectivity index (χ4v) is 2.01. The van der Waals surface area contributed by atoms with E-state index in [-0.39, 0.29) is 5.92 Å². The van der Waals surface area contributed by atoms with Crippen molar-refractivity contribution >= 4 is 5.82 Å². The number of hydrogen-bond donors (Lipinski definition) is 2. The van der Waals surface area contributed by atoms with Crippen molar-refractivity contribution in [2.75, 3.05) is 18.9 Å². The molecule has 0 spiro atoms. The molecule has 1 aromatic rings. The Hall–Kier alpha value is -1.13. The van der Waals surface area contributed by atoms with Crippen molar-refractivity contribution in [3.8, 4) is 0 Å². The number of aryl methyl sites for hydroxylation is 1. The summed E-state index contributed by atoms with van der Waals surface area (Å²) in [7, 11) is 0. The van der Waals surface area contributed by atoms with Crippen LogP contribution in [0.25, 0.3) is 0 Å². The summed E-state index contributed by atoms with van der Waals surface area (Å²) < 4.78 is 5.26. The van der Waals surface area contributed by atoms with Crippen LogP contribution < -0.4 is 5.73 Å². The zero-order chi connectivity index (χ0) is 10.8. The molecule has 3 N–H and O–H groups in total. The number of nitrogens with two attached hydrogens (primary N) is 1. The van der Waals surface area contributed by atoms with Gasteiger partial charge >= 0.3 is 0 Å². The molecule has 0 bridgehead atoms. The second kappa shape index (κ2) is 4.16. The molecule has 0 radical (unpaired) electrons. The third-order valence-electron chi connectivity index (χ3n) is 2.95. The van der Waals surface area contributed by atoms with Crippen LogP contribution in [0.5, 0.6) is 0 Å². The second-order valence-corrected chi connectivity index (χ2v) is 4.00. The van der Waals surface area contributed by atoms with Crippen molar-refractivity contribution < 1.29 is 9.84 Å². The number of aliphatic hydroxyl groups is 1. The van der Waals surface area contributed by atoms with Gasteiger partial charge in [-0.1, -0.05) is 0 Å². The van der Waals surface area contributed by atoms with E-state index in [0.717, 1.165) is 24.2 Å². The number of nitrogens with zero attached hydrogens (tertiary/aromatic N) is 1. The molecule has 1 aliphatic rings. The highest BCUT2D eigenvalue weighted by molar-refractivity contribution is 5.45. The van der Waals surface area contributed by atoms with E-state index in [1.807, 2.05) is 13.0 Å². The van der Waals surface area contributed by atoms with Gasteiger partial charge in [-0.05, 0) is 25.0 Å². The van der Waals surface area contributed by atoms with Gasteiger partial charge in [-0.3, -0.25) is 0 Å². The van der Waals surface area contributed by atoms with Gasteiger partial charge in [0.2, 0.25) is 0 Å². The lowest BCUT2D eigenvalue weighted by Gasteiger charge is -2.19. The molecule has 2 unspecified atom stereocenters. The molecule has 1 aromatic heterocycles. The molecule has 0 saturated carbocycles. The zero-order valence-corrected chi connectivity index (χ0v) is 8.81. The highest BCUT2D eigenvalue weighted by Gasteiger charge is 2.27. The first-order valence-corrected chi connectivity index (χ1v) is 5.17. The van der Waals surface area contributed by atoms with Gasteiger partial charge < -0.3 is 15.6 Å². The molecular weight excluding hydrogens is 192 g/mol.